The Bertz CT molecular complexity index is 1410. The maximum absolute atomic E-state index is 13.6. The van der Waals surface area contributed by atoms with Gasteiger partial charge in [-0.2, -0.15) is 0 Å². The van der Waals surface area contributed by atoms with Gasteiger partial charge < -0.3 is 10.1 Å². The Hall–Kier alpha value is -3.27. The SMILES string of the molecule is COC(=O)CN1CCCCC1C(C)NS(=O)(=O)c1ccc(NC(=O)c2ccccc2C)c2ccccc12. The molecule has 0 radical (unpaired) electrons. The largest absolute Gasteiger partial charge is 0.468 e. The van der Waals surface area contributed by atoms with Crippen LogP contribution in [0.25, 0.3) is 10.8 Å². The first-order chi connectivity index (χ1) is 17.7. The van der Waals surface area contributed by atoms with E-state index in [-0.39, 0.29) is 29.4 Å². The number of benzene rings is 3. The molecule has 2 unspecified atom stereocenters. The highest BCUT2D eigenvalue weighted by molar-refractivity contribution is 7.89. The maximum Gasteiger partial charge on any atom is 0.319 e. The standard InChI is InChI=1S/C28H33N3O5S/c1-19-10-4-5-11-21(19)28(33)29-24-15-16-26(23-13-7-6-12-22(23)24)37(34,35)30-20(2)25-14-8-9-17-31(25)18-27(32)36-3/h4-7,10-13,15-16,20,25,30H,8-9,14,17-18H2,1-3H3,(H,29,33). The van der Waals surface area contributed by atoms with Gasteiger partial charge in [0.1, 0.15) is 0 Å². The molecule has 2 atom stereocenters. The van der Waals surface area contributed by atoms with E-state index < -0.39 is 16.1 Å². The van der Waals surface area contributed by atoms with Crippen LogP contribution in [-0.4, -0.2) is 57.5 Å². The number of hydrogen-bond acceptors (Lipinski definition) is 6. The molecule has 1 heterocycles. The van der Waals surface area contributed by atoms with E-state index >= 15 is 0 Å². The minimum absolute atomic E-state index is 0.124. The number of fused-ring (bicyclic) bond motifs is 1. The summed E-state index contributed by atoms with van der Waals surface area (Å²) < 4.78 is 34.8. The second-order valence-electron chi connectivity index (χ2n) is 9.45. The number of carbonyl (C=O) groups is 2. The van der Waals surface area contributed by atoms with Crippen molar-refractivity contribution < 1.29 is 22.7 Å². The summed E-state index contributed by atoms with van der Waals surface area (Å²) in [4.78, 5) is 26.9. The van der Waals surface area contributed by atoms with E-state index in [0.29, 0.717) is 28.6 Å². The van der Waals surface area contributed by atoms with E-state index in [1.807, 2.05) is 36.9 Å². The van der Waals surface area contributed by atoms with Gasteiger partial charge in [-0.05, 0) is 57.0 Å². The lowest BCUT2D eigenvalue weighted by molar-refractivity contribution is -0.143. The van der Waals surface area contributed by atoms with Crippen molar-refractivity contribution in [2.24, 2.45) is 0 Å². The number of hydrogen-bond donors (Lipinski definition) is 2. The molecule has 0 aliphatic carbocycles. The van der Waals surface area contributed by atoms with Crippen molar-refractivity contribution in [1.29, 1.82) is 0 Å². The highest BCUT2D eigenvalue weighted by Crippen LogP contribution is 2.31. The lowest BCUT2D eigenvalue weighted by atomic mass is 9.97. The van der Waals surface area contributed by atoms with Crippen LogP contribution in [0.1, 0.15) is 42.1 Å². The average Bonchev–Trinajstić information content (AvgIpc) is 2.88. The molecular formula is C28H33N3O5S. The minimum Gasteiger partial charge on any atom is -0.468 e. The smallest absolute Gasteiger partial charge is 0.319 e. The van der Waals surface area contributed by atoms with E-state index in [2.05, 4.69) is 10.0 Å². The zero-order valence-corrected chi connectivity index (χ0v) is 22.2. The number of esters is 1. The monoisotopic (exact) mass is 523 g/mol. The molecule has 0 aromatic heterocycles. The van der Waals surface area contributed by atoms with Crippen molar-refractivity contribution in [1.82, 2.24) is 9.62 Å². The summed E-state index contributed by atoms with van der Waals surface area (Å²) in [5, 5.41) is 4.08. The van der Waals surface area contributed by atoms with Gasteiger partial charge in [-0.15, -0.1) is 0 Å². The van der Waals surface area contributed by atoms with Gasteiger partial charge in [-0.1, -0.05) is 48.9 Å². The van der Waals surface area contributed by atoms with Crippen LogP contribution in [0.15, 0.2) is 65.6 Å². The molecule has 2 N–H and O–H groups in total. The number of carbonyl (C=O) groups excluding carboxylic acids is 2. The van der Waals surface area contributed by atoms with Gasteiger partial charge in [0.2, 0.25) is 10.0 Å². The summed E-state index contributed by atoms with van der Waals surface area (Å²) in [6, 6.07) is 17.0. The molecule has 1 fully saturated rings. The van der Waals surface area contributed by atoms with Crippen LogP contribution >= 0.6 is 0 Å². The van der Waals surface area contributed by atoms with Crippen molar-refractivity contribution in [2.75, 3.05) is 25.5 Å². The van der Waals surface area contributed by atoms with Gasteiger partial charge in [0, 0.05) is 34.1 Å². The van der Waals surface area contributed by atoms with E-state index in [9.17, 15) is 18.0 Å². The van der Waals surface area contributed by atoms with E-state index in [0.717, 1.165) is 24.8 Å². The summed E-state index contributed by atoms with van der Waals surface area (Å²) in [6.07, 6.45) is 2.70. The Morgan fingerprint density at radius 1 is 1.03 bits per heavy atom. The van der Waals surface area contributed by atoms with Crippen molar-refractivity contribution in [2.45, 2.75) is 50.1 Å². The van der Waals surface area contributed by atoms with Gasteiger partial charge in [0.15, 0.2) is 0 Å². The number of aryl methyl sites for hydroxylation is 1. The molecule has 1 aliphatic rings. The lowest BCUT2D eigenvalue weighted by Gasteiger charge is -2.38. The van der Waals surface area contributed by atoms with Crippen LogP contribution in [-0.2, 0) is 19.6 Å². The number of rotatable bonds is 8. The average molecular weight is 524 g/mol. The number of nitrogens with zero attached hydrogens (tertiary/aromatic N) is 1. The van der Waals surface area contributed by atoms with Crippen LogP contribution in [0, 0.1) is 6.92 Å². The molecule has 37 heavy (non-hydrogen) atoms. The first-order valence-electron chi connectivity index (χ1n) is 12.4. The summed E-state index contributed by atoms with van der Waals surface area (Å²) in [5.74, 6) is -0.593. The summed E-state index contributed by atoms with van der Waals surface area (Å²) >= 11 is 0. The first kappa shape index (κ1) is 26.8. The first-order valence-corrected chi connectivity index (χ1v) is 13.9. The second-order valence-corrected chi connectivity index (χ2v) is 11.1. The third-order valence-corrected chi connectivity index (χ3v) is 8.57. The van der Waals surface area contributed by atoms with E-state index in [4.69, 9.17) is 4.74 Å². The van der Waals surface area contributed by atoms with Crippen molar-refractivity contribution in [3.8, 4) is 0 Å². The highest BCUT2D eigenvalue weighted by Gasteiger charge is 2.32. The van der Waals surface area contributed by atoms with Crippen molar-refractivity contribution >= 4 is 38.4 Å². The quantitative estimate of drug-likeness (QED) is 0.431. The molecule has 0 bridgehead atoms. The summed E-state index contributed by atoms with van der Waals surface area (Å²) in [6.45, 7) is 4.54. The molecular weight excluding hydrogens is 490 g/mol. The second kappa shape index (κ2) is 11.4. The number of anilines is 1. The molecule has 1 amide bonds. The topological polar surface area (TPSA) is 105 Å². The molecule has 3 aromatic rings. The fourth-order valence-electron chi connectivity index (χ4n) is 5.03. The minimum atomic E-state index is -3.90. The summed E-state index contributed by atoms with van der Waals surface area (Å²) in [5.41, 5.74) is 1.95. The van der Waals surface area contributed by atoms with E-state index in [1.165, 1.54) is 13.2 Å². The summed E-state index contributed by atoms with van der Waals surface area (Å²) in [7, 11) is -2.55. The van der Waals surface area contributed by atoms with Crippen molar-refractivity contribution in [3.63, 3.8) is 0 Å². The van der Waals surface area contributed by atoms with Crippen LogP contribution in [0.5, 0.6) is 0 Å². The fourth-order valence-corrected chi connectivity index (χ4v) is 6.52. The Morgan fingerprint density at radius 2 is 1.73 bits per heavy atom. The maximum atomic E-state index is 13.6. The highest BCUT2D eigenvalue weighted by atomic mass is 32.2. The number of nitrogens with one attached hydrogen (secondary N) is 2. The Kier molecular flexibility index (Phi) is 8.26. The van der Waals surface area contributed by atoms with Crippen LogP contribution in [0.3, 0.4) is 0 Å². The molecule has 0 saturated carbocycles. The van der Waals surface area contributed by atoms with Gasteiger partial charge >= 0.3 is 5.97 Å². The van der Waals surface area contributed by atoms with Crippen molar-refractivity contribution in [3.05, 3.63) is 71.8 Å². The Balaban J connectivity index is 1.60. The zero-order valence-electron chi connectivity index (χ0n) is 21.4. The molecule has 9 heteroatoms. The number of methoxy groups -OCH3 is 1. The number of ether oxygens (including phenoxy) is 1. The number of piperidine rings is 1. The van der Waals surface area contributed by atoms with Gasteiger partial charge in [-0.25, -0.2) is 13.1 Å². The zero-order chi connectivity index (χ0) is 26.6. The van der Waals surface area contributed by atoms with Crippen LogP contribution in [0.2, 0.25) is 0 Å². The van der Waals surface area contributed by atoms with Gasteiger partial charge in [-0.3, -0.25) is 14.5 Å². The van der Waals surface area contributed by atoms with Crippen LogP contribution < -0.4 is 10.0 Å². The number of amides is 1. The third-order valence-electron chi connectivity index (χ3n) is 6.95. The predicted molar refractivity (Wildman–Crippen MR) is 144 cm³/mol. The van der Waals surface area contributed by atoms with Gasteiger partial charge in [0.05, 0.1) is 18.6 Å². The lowest BCUT2D eigenvalue weighted by Crippen LogP contribution is -2.53. The van der Waals surface area contributed by atoms with Gasteiger partial charge in [0.25, 0.3) is 5.91 Å². The number of likely N-dealkylation sites (tertiary alicyclic amines) is 1. The van der Waals surface area contributed by atoms with Crippen LogP contribution in [0.4, 0.5) is 5.69 Å². The van der Waals surface area contributed by atoms with E-state index in [1.54, 1.807) is 36.4 Å². The Labute approximate surface area is 218 Å². The molecule has 8 nitrogen and oxygen atoms in total. The fraction of sp³-hybridized carbons (Fsp3) is 0.357. The molecule has 0 spiro atoms. The Morgan fingerprint density at radius 3 is 2.46 bits per heavy atom. The normalized spacial score (nSPS) is 17.3. The third kappa shape index (κ3) is 6.01. The molecule has 1 saturated heterocycles. The number of sulfonamides is 1. The molecule has 1 aliphatic heterocycles. The molecule has 196 valence electrons. The molecule has 4 rings (SSSR count). The molecule has 3 aromatic carbocycles. The predicted octanol–water partition coefficient (Wildman–Crippen LogP) is 4.09.